The molecule has 0 radical (unpaired) electrons. The van der Waals surface area contributed by atoms with Crippen LogP contribution in [0.4, 0.5) is 17.6 Å². The van der Waals surface area contributed by atoms with Crippen molar-refractivity contribution >= 4 is 15.9 Å². The van der Waals surface area contributed by atoms with Crippen molar-refractivity contribution in [3.8, 4) is 0 Å². The summed E-state index contributed by atoms with van der Waals surface area (Å²) in [6, 6.07) is 5.54. The second-order valence-corrected chi connectivity index (χ2v) is 8.64. The lowest BCUT2D eigenvalue weighted by molar-refractivity contribution is -0.155. The zero-order chi connectivity index (χ0) is 22.0. The quantitative estimate of drug-likeness (QED) is 0.705. The number of nitrogens with one attached hydrogen (secondary N) is 1. The maximum absolute atomic E-state index is 13.4. The van der Waals surface area contributed by atoms with Crippen LogP contribution in [0.25, 0.3) is 0 Å². The number of hydrogen-bond acceptors (Lipinski definition) is 3. The normalized spacial score (nSPS) is 13.6. The van der Waals surface area contributed by atoms with Gasteiger partial charge in [0.25, 0.3) is 5.91 Å². The number of amides is 1. The maximum atomic E-state index is 13.4. The first-order valence-corrected chi connectivity index (χ1v) is 9.99. The fourth-order valence-electron chi connectivity index (χ4n) is 2.45. The SMILES string of the molecule is CC(C)N(C)S(=O)(=O)c1ccc(C(=O)NC(c2ccc(F)cc2)C(F)(F)F)cc1. The minimum absolute atomic E-state index is 0.0869. The lowest BCUT2D eigenvalue weighted by Gasteiger charge is -2.22. The first-order valence-electron chi connectivity index (χ1n) is 8.55. The highest BCUT2D eigenvalue weighted by atomic mass is 32.2. The Morgan fingerprint density at radius 2 is 1.52 bits per heavy atom. The van der Waals surface area contributed by atoms with E-state index in [0.29, 0.717) is 0 Å². The Labute approximate surface area is 166 Å². The fourth-order valence-corrected chi connectivity index (χ4v) is 3.81. The molecule has 10 heteroatoms. The van der Waals surface area contributed by atoms with E-state index in [2.05, 4.69) is 0 Å². The van der Waals surface area contributed by atoms with E-state index in [1.807, 2.05) is 5.32 Å². The predicted molar refractivity (Wildman–Crippen MR) is 99.2 cm³/mol. The lowest BCUT2D eigenvalue weighted by Crippen LogP contribution is -2.38. The summed E-state index contributed by atoms with van der Waals surface area (Å²) in [6.07, 6.45) is -4.81. The summed E-state index contributed by atoms with van der Waals surface area (Å²) in [5.74, 6) is -1.75. The van der Waals surface area contributed by atoms with Gasteiger partial charge >= 0.3 is 6.18 Å². The monoisotopic (exact) mass is 432 g/mol. The molecule has 2 aromatic rings. The van der Waals surface area contributed by atoms with E-state index in [1.54, 1.807) is 13.8 Å². The Kier molecular flexibility index (Phi) is 6.69. The van der Waals surface area contributed by atoms with Crippen LogP contribution >= 0.6 is 0 Å². The molecule has 1 unspecified atom stereocenters. The van der Waals surface area contributed by atoms with Gasteiger partial charge in [-0.25, -0.2) is 12.8 Å². The van der Waals surface area contributed by atoms with Gasteiger partial charge in [0.05, 0.1) is 4.90 Å². The molecule has 0 spiro atoms. The van der Waals surface area contributed by atoms with Gasteiger partial charge in [0.15, 0.2) is 6.04 Å². The molecule has 29 heavy (non-hydrogen) atoms. The van der Waals surface area contributed by atoms with Crippen LogP contribution in [-0.4, -0.2) is 37.9 Å². The van der Waals surface area contributed by atoms with Crippen LogP contribution in [0, 0.1) is 5.82 Å². The molecule has 2 rings (SSSR count). The highest BCUT2D eigenvalue weighted by Gasteiger charge is 2.42. The summed E-state index contributed by atoms with van der Waals surface area (Å²) in [4.78, 5) is 12.2. The largest absolute Gasteiger partial charge is 0.412 e. The molecular formula is C19H20F4N2O3S. The number of alkyl halides is 3. The van der Waals surface area contributed by atoms with Crippen molar-refractivity contribution in [1.29, 1.82) is 0 Å². The van der Waals surface area contributed by atoms with Gasteiger partial charge in [0.2, 0.25) is 10.0 Å². The minimum atomic E-state index is -4.81. The van der Waals surface area contributed by atoms with Gasteiger partial charge in [-0.15, -0.1) is 0 Å². The zero-order valence-corrected chi connectivity index (χ0v) is 16.7. The minimum Gasteiger partial charge on any atom is -0.337 e. The summed E-state index contributed by atoms with van der Waals surface area (Å²) in [5, 5.41) is 1.86. The molecule has 0 saturated carbocycles. The molecule has 0 saturated heterocycles. The van der Waals surface area contributed by atoms with Crippen molar-refractivity contribution < 1.29 is 30.8 Å². The summed E-state index contributed by atoms with van der Waals surface area (Å²) >= 11 is 0. The molecule has 0 bridgehead atoms. The van der Waals surface area contributed by atoms with Crippen molar-refractivity contribution in [2.45, 2.75) is 37.0 Å². The van der Waals surface area contributed by atoms with E-state index >= 15 is 0 Å². The third kappa shape index (κ3) is 5.33. The van der Waals surface area contributed by atoms with Crippen LogP contribution in [0.3, 0.4) is 0 Å². The van der Waals surface area contributed by atoms with E-state index in [1.165, 1.54) is 7.05 Å². The number of nitrogens with zero attached hydrogens (tertiary/aromatic N) is 1. The van der Waals surface area contributed by atoms with Gasteiger partial charge in [-0.05, 0) is 55.8 Å². The van der Waals surface area contributed by atoms with Crippen molar-refractivity contribution in [3.63, 3.8) is 0 Å². The Bertz CT molecular complexity index is 956. The van der Waals surface area contributed by atoms with E-state index in [-0.39, 0.29) is 22.1 Å². The van der Waals surface area contributed by atoms with Gasteiger partial charge in [0, 0.05) is 18.7 Å². The Balaban J connectivity index is 2.26. The Morgan fingerprint density at radius 1 is 1.00 bits per heavy atom. The molecule has 0 aromatic heterocycles. The molecule has 158 valence electrons. The van der Waals surface area contributed by atoms with Crippen LogP contribution in [0.15, 0.2) is 53.4 Å². The predicted octanol–water partition coefficient (Wildman–Crippen LogP) is 3.89. The summed E-state index contributed by atoms with van der Waals surface area (Å²) in [7, 11) is -2.39. The second kappa shape index (κ2) is 8.50. The lowest BCUT2D eigenvalue weighted by atomic mass is 10.1. The number of benzene rings is 2. The van der Waals surface area contributed by atoms with Gasteiger partial charge < -0.3 is 5.32 Å². The number of hydrogen-bond donors (Lipinski definition) is 1. The average Bonchev–Trinajstić information content (AvgIpc) is 2.65. The van der Waals surface area contributed by atoms with Crippen LogP contribution in [-0.2, 0) is 10.0 Å². The molecule has 1 N–H and O–H groups in total. The maximum Gasteiger partial charge on any atom is 0.412 e. The molecule has 1 atom stereocenters. The van der Waals surface area contributed by atoms with Gasteiger partial charge in [-0.1, -0.05) is 12.1 Å². The van der Waals surface area contributed by atoms with Crippen molar-refractivity contribution in [3.05, 3.63) is 65.5 Å². The van der Waals surface area contributed by atoms with Crippen molar-refractivity contribution in [1.82, 2.24) is 9.62 Å². The average molecular weight is 432 g/mol. The van der Waals surface area contributed by atoms with E-state index in [0.717, 1.165) is 52.8 Å². The molecule has 1 amide bonds. The summed E-state index contributed by atoms with van der Waals surface area (Å²) < 4.78 is 79.1. The van der Waals surface area contributed by atoms with E-state index in [4.69, 9.17) is 0 Å². The van der Waals surface area contributed by atoms with Gasteiger partial charge in [0.1, 0.15) is 5.82 Å². The standard InChI is InChI=1S/C19H20F4N2O3S/c1-12(2)25(3)29(27,28)16-10-6-14(7-11-16)18(26)24-17(19(21,22)23)13-4-8-15(20)9-5-13/h4-12,17H,1-3H3,(H,24,26). The number of carbonyl (C=O) groups excluding carboxylic acids is 1. The third-order valence-corrected chi connectivity index (χ3v) is 6.37. The van der Waals surface area contributed by atoms with Crippen molar-refractivity contribution in [2.75, 3.05) is 7.05 Å². The first-order chi connectivity index (χ1) is 13.3. The van der Waals surface area contributed by atoms with Crippen LogP contribution in [0.5, 0.6) is 0 Å². The zero-order valence-electron chi connectivity index (χ0n) is 15.9. The molecule has 0 heterocycles. The number of rotatable bonds is 6. The highest BCUT2D eigenvalue weighted by Crippen LogP contribution is 2.33. The molecule has 5 nitrogen and oxygen atoms in total. The summed E-state index contributed by atoms with van der Waals surface area (Å²) in [6.45, 7) is 3.37. The fraction of sp³-hybridized carbons (Fsp3) is 0.316. The number of sulfonamides is 1. The molecule has 0 fully saturated rings. The molecule has 0 aliphatic rings. The molecule has 2 aromatic carbocycles. The highest BCUT2D eigenvalue weighted by molar-refractivity contribution is 7.89. The van der Waals surface area contributed by atoms with E-state index < -0.39 is 34.0 Å². The summed E-state index contributed by atoms with van der Waals surface area (Å²) in [5.41, 5.74) is -0.475. The van der Waals surface area contributed by atoms with Crippen LogP contribution in [0.2, 0.25) is 0 Å². The third-order valence-electron chi connectivity index (χ3n) is 4.33. The Morgan fingerprint density at radius 3 is 1.97 bits per heavy atom. The van der Waals surface area contributed by atoms with Crippen LogP contribution < -0.4 is 5.32 Å². The number of carbonyl (C=O) groups is 1. The molecule has 0 aliphatic carbocycles. The Hall–Kier alpha value is -2.46. The van der Waals surface area contributed by atoms with Gasteiger partial charge in [-0.2, -0.15) is 17.5 Å². The van der Waals surface area contributed by atoms with Gasteiger partial charge in [-0.3, -0.25) is 4.79 Å². The molecule has 0 aliphatic heterocycles. The number of halogens is 4. The topological polar surface area (TPSA) is 66.5 Å². The first kappa shape index (κ1) is 22.8. The van der Waals surface area contributed by atoms with Crippen molar-refractivity contribution in [2.24, 2.45) is 0 Å². The van der Waals surface area contributed by atoms with Crippen LogP contribution in [0.1, 0.15) is 35.8 Å². The smallest absolute Gasteiger partial charge is 0.337 e. The second-order valence-electron chi connectivity index (χ2n) is 6.64. The molecular weight excluding hydrogens is 412 g/mol. The van der Waals surface area contributed by atoms with E-state index in [9.17, 15) is 30.8 Å².